The van der Waals surface area contributed by atoms with Gasteiger partial charge in [-0.15, -0.1) is 0 Å². The van der Waals surface area contributed by atoms with E-state index in [0.717, 1.165) is 12.0 Å². The van der Waals surface area contributed by atoms with Gasteiger partial charge in [0, 0.05) is 37.0 Å². The summed E-state index contributed by atoms with van der Waals surface area (Å²) in [6, 6.07) is 0.789. The van der Waals surface area contributed by atoms with Gasteiger partial charge in [0.2, 0.25) is 0 Å². The second kappa shape index (κ2) is 5.94. The Bertz CT molecular complexity index is 228. The Hall–Kier alpha value is 0.270. The molecule has 2 fully saturated rings. The van der Waals surface area contributed by atoms with Gasteiger partial charge in [-0.25, -0.2) is 0 Å². The molecule has 1 atom stereocenters. The molecule has 0 aromatic rings. The Balaban J connectivity index is 1.88. The van der Waals surface area contributed by atoms with E-state index in [0.29, 0.717) is 4.75 Å². The van der Waals surface area contributed by atoms with E-state index in [1.54, 1.807) is 0 Å². The van der Waals surface area contributed by atoms with Crippen LogP contribution in [0.25, 0.3) is 0 Å². The van der Waals surface area contributed by atoms with Crippen molar-refractivity contribution in [2.24, 2.45) is 5.92 Å². The highest BCUT2D eigenvalue weighted by molar-refractivity contribution is 8.00. The number of thioether (sulfide) groups is 1. The number of hydrogen-bond donors (Lipinski definition) is 1. The van der Waals surface area contributed by atoms with Gasteiger partial charge in [-0.2, -0.15) is 11.8 Å². The fourth-order valence-electron chi connectivity index (χ4n) is 3.03. The highest BCUT2D eigenvalue weighted by atomic mass is 32.2. The molecule has 2 nitrogen and oxygen atoms in total. The van der Waals surface area contributed by atoms with Crippen molar-refractivity contribution in [3.05, 3.63) is 0 Å². The summed E-state index contributed by atoms with van der Waals surface area (Å²) in [6.07, 6.45) is 7.79. The zero-order chi connectivity index (χ0) is 12.3. The van der Waals surface area contributed by atoms with Crippen LogP contribution in [0.3, 0.4) is 0 Å². The van der Waals surface area contributed by atoms with E-state index in [1.807, 2.05) is 0 Å². The van der Waals surface area contributed by atoms with E-state index in [4.69, 9.17) is 0 Å². The minimum atomic E-state index is 0.492. The van der Waals surface area contributed by atoms with Gasteiger partial charge in [0.25, 0.3) is 0 Å². The van der Waals surface area contributed by atoms with Crippen molar-refractivity contribution in [2.75, 3.05) is 32.4 Å². The van der Waals surface area contributed by atoms with Crippen LogP contribution in [0, 0.1) is 5.92 Å². The molecule has 0 aromatic heterocycles. The molecule has 0 spiro atoms. The summed E-state index contributed by atoms with van der Waals surface area (Å²) in [5, 5.41) is 3.70. The van der Waals surface area contributed by atoms with Crippen LogP contribution in [0.4, 0.5) is 0 Å². The van der Waals surface area contributed by atoms with Gasteiger partial charge in [-0.3, -0.25) is 4.90 Å². The molecule has 1 aliphatic carbocycles. The summed E-state index contributed by atoms with van der Waals surface area (Å²) in [7, 11) is 0. The summed E-state index contributed by atoms with van der Waals surface area (Å²) < 4.78 is 0.492. The molecule has 1 heterocycles. The average molecular weight is 256 g/mol. The lowest BCUT2D eigenvalue weighted by Gasteiger charge is -2.40. The molecule has 100 valence electrons. The van der Waals surface area contributed by atoms with E-state index in [9.17, 15) is 0 Å². The number of nitrogens with zero attached hydrogens (tertiary/aromatic N) is 1. The highest BCUT2D eigenvalue weighted by Gasteiger charge is 2.36. The average Bonchev–Trinajstić information content (AvgIpc) is 3.21. The second-order valence-electron chi connectivity index (χ2n) is 5.73. The lowest BCUT2D eigenvalue weighted by Crippen LogP contribution is -2.54. The molecule has 0 aromatic carbocycles. The van der Waals surface area contributed by atoms with Gasteiger partial charge in [0.15, 0.2) is 0 Å². The zero-order valence-electron chi connectivity index (χ0n) is 11.7. The number of piperazine rings is 1. The first-order valence-corrected chi connectivity index (χ1v) is 8.46. The third-order valence-corrected chi connectivity index (χ3v) is 6.29. The maximum absolute atomic E-state index is 3.70. The highest BCUT2D eigenvalue weighted by Crippen LogP contribution is 2.35. The monoisotopic (exact) mass is 256 g/mol. The third kappa shape index (κ3) is 3.39. The zero-order valence-corrected chi connectivity index (χ0v) is 12.5. The van der Waals surface area contributed by atoms with Crippen LogP contribution < -0.4 is 5.32 Å². The Morgan fingerprint density at radius 1 is 1.29 bits per heavy atom. The van der Waals surface area contributed by atoms with E-state index < -0.39 is 0 Å². The SMILES string of the molecule is CCC(CC)(CN1CCNC(C2CC2)C1)SC. The molecule has 0 amide bonds. The smallest absolute Gasteiger partial charge is 0.0279 e. The molecule has 2 rings (SSSR count). The quantitative estimate of drug-likeness (QED) is 0.786. The lowest BCUT2D eigenvalue weighted by molar-refractivity contribution is 0.170. The Labute approximate surface area is 111 Å². The van der Waals surface area contributed by atoms with Gasteiger partial charge in [0.05, 0.1) is 0 Å². The van der Waals surface area contributed by atoms with Crippen molar-refractivity contribution in [2.45, 2.75) is 50.3 Å². The van der Waals surface area contributed by atoms with E-state index in [1.165, 1.54) is 51.9 Å². The molecule has 1 saturated heterocycles. The fourth-order valence-corrected chi connectivity index (χ4v) is 3.92. The first-order chi connectivity index (χ1) is 8.23. The van der Waals surface area contributed by atoms with Crippen LogP contribution >= 0.6 is 11.8 Å². The van der Waals surface area contributed by atoms with Crippen LogP contribution in [0.1, 0.15) is 39.5 Å². The third-order valence-electron chi connectivity index (χ3n) is 4.71. The van der Waals surface area contributed by atoms with Crippen LogP contribution in [0.15, 0.2) is 0 Å². The second-order valence-corrected chi connectivity index (χ2v) is 7.00. The molecule has 2 aliphatic rings. The van der Waals surface area contributed by atoms with Crippen molar-refractivity contribution < 1.29 is 0 Å². The van der Waals surface area contributed by atoms with Gasteiger partial charge >= 0.3 is 0 Å². The Kier molecular flexibility index (Phi) is 4.79. The maximum atomic E-state index is 3.70. The van der Waals surface area contributed by atoms with Crippen LogP contribution in [-0.2, 0) is 0 Å². The van der Waals surface area contributed by atoms with Gasteiger partial charge in [-0.1, -0.05) is 13.8 Å². The topological polar surface area (TPSA) is 15.3 Å². The summed E-state index contributed by atoms with van der Waals surface area (Å²) in [6.45, 7) is 9.70. The summed E-state index contributed by atoms with van der Waals surface area (Å²) in [5.74, 6) is 0.990. The number of rotatable bonds is 6. The summed E-state index contributed by atoms with van der Waals surface area (Å²) in [4.78, 5) is 2.71. The standard InChI is InChI=1S/C14H28N2S/c1-4-14(5-2,17-3)11-16-9-8-15-13(10-16)12-6-7-12/h12-13,15H,4-11H2,1-3H3. The molecular weight excluding hydrogens is 228 g/mol. The molecule has 0 bridgehead atoms. The fraction of sp³-hybridized carbons (Fsp3) is 1.00. The minimum absolute atomic E-state index is 0.492. The van der Waals surface area contributed by atoms with Crippen molar-refractivity contribution >= 4 is 11.8 Å². The van der Waals surface area contributed by atoms with Gasteiger partial charge in [0.1, 0.15) is 0 Å². The van der Waals surface area contributed by atoms with Crippen LogP contribution in [-0.4, -0.2) is 48.1 Å². The van der Waals surface area contributed by atoms with Gasteiger partial charge < -0.3 is 5.32 Å². The summed E-state index contributed by atoms with van der Waals surface area (Å²) >= 11 is 2.07. The number of hydrogen-bond acceptors (Lipinski definition) is 3. The van der Waals surface area contributed by atoms with Crippen molar-refractivity contribution in [3.63, 3.8) is 0 Å². The minimum Gasteiger partial charge on any atom is -0.311 e. The summed E-state index contributed by atoms with van der Waals surface area (Å²) in [5.41, 5.74) is 0. The predicted molar refractivity (Wildman–Crippen MR) is 77.8 cm³/mol. The molecule has 3 heteroatoms. The first-order valence-electron chi connectivity index (χ1n) is 7.24. The molecule has 1 unspecified atom stereocenters. The molecule has 1 saturated carbocycles. The van der Waals surface area contributed by atoms with Crippen molar-refractivity contribution in [1.82, 2.24) is 10.2 Å². The maximum Gasteiger partial charge on any atom is 0.0279 e. The van der Waals surface area contributed by atoms with Crippen molar-refractivity contribution in [3.8, 4) is 0 Å². The first kappa shape index (κ1) is 13.7. The Morgan fingerprint density at radius 3 is 2.53 bits per heavy atom. The molecule has 1 aliphatic heterocycles. The van der Waals surface area contributed by atoms with Crippen LogP contribution in [0.5, 0.6) is 0 Å². The van der Waals surface area contributed by atoms with Crippen LogP contribution in [0.2, 0.25) is 0 Å². The van der Waals surface area contributed by atoms with E-state index in [-0.39, 0.29) is 0 Å². The molecule has 1 N–H and O–H groups in total. The van der Waals surface area contributed by atoms with Gasteiger partial charge in [-0.05, 0) is 37.9 Å². The predicted octanol–water partition coefficient (Wildman–Crippen LogP) is 2.59. The number of nitrogens with one attached hydrogen (secondary N) is 1. The van der Waals surface area contributed by atoms with Crippen molar-refractivity contribution in [1.29, 1.82) is 0 Å². The Morgan fingerprint density at radius 2 is 2.00 bits per heavy atom. The molecule has 17 heavy (non-hydrogen) atoms. The largest absolute Gasteiger partial charge is 0.311 e. The normalized spacial score (nSPS) is 27.4. The van der Waals surface area contributed by atoms with E-state index >= 15 is 0 Å². The van der Waals surface area contributed by atoms with E-state index in [2.05, 4.69) is 42.1 Å². The molecule has 0 radical (unpaired) electrons. The molecular formula is C14H28N2S. The lowest BCUT2D eigenvalue weighted by atomic mass is 10.00.